The van der Waals surface area contributed by atoms with Crippen LogP contribution in [0.1, 0.15) is 6.92 Å². The highest BCUT2D eigenvalue weighted by Gasteiger charge is 2.27. The monoisotopic (exact) mass is 363 g/mol. The molecule has 1 aromatic rings. The van der Waals surface area contributed by atoms with E-state index in [9.17, 15) is 18.4 Å². The van der Waals surface area contributed by atoms with E-state index in [-0.39, 0.29) is 31.4 Å². The number of morpholine rings is 1. The molecule has 0 saturated carbocycles. The second kappa shape index (κ2) is 9.51. The van der Waals surface area contributed by atoms with Crippen LogP contribution in [0.5, 0.6) is 0 Å². The number of carbonyl (C=O) groups is 2. The van der Waals surface area contributed by atoms with Gasteiger partial charge in [-0.25, -0.2) is 8.78 Å². The van der Waals surface area contributed by atoms with E-state index in [1.165, 1.54) is 11.0 Å². The Balaban J connectivity index is 0.00000288. The standard InChI is InChI=1S/C15H19F2N3O3.ClH/c1-2-20(15(22)12-8-18-6-7-23-12)9-13(21)19-14-10(16)4-3-5-11(14)17;/h3-5,12,18H,2,6-9H2,1H3,(H,19,21);1H. The molecule has 1 aromatic carbocycles. The average molecular weight is 364 g/mol. The van der Waals surface area contributed by atoms with E-state index in [0.29, 0.717) is 19.7 Å². The third kappa shape index (κ3) is 5.12. The molecule has 1 unspecified atom stereocenters. The molecule has 2 N–H and O–H groups in total. The Kier molecular flexibility index (Phi) is 8.03. The number of anilines is 1. The van der Waals surface area contributed by atoms with Crippen molar-refractivity contribution in [2.24, 2.45) is 0 Å². The summed E-state index contributed by atoms with van der Waals surface area (Å²) in [5.74, 6) is -2.74. The van der Waals surface area contributed by atoms with Crippen LogP contribution in [0.3, 0.4) is 0 Å². The van der Waals surface area contributed by atoms with Crippen molar-refractivity contribution < 1.29 is 23.1 Å². The molecule has 1 heterocycles. The number of benzene rings is 1. The number of nitrogens with one attached hydrogen (secondary N) is 2. The number of likely N-dealkylation sites (N-methyl/N-ethyl adjacent to an activating group) is 1. The molecule has 0 radical (unpaired) electrons. The maximum atomic E-state index is 13.5. The minimum atomic E-state index is -0.868. The van der Waals surface area contributed by atoms with Crippen LogP contribution in [0.2, 0.25) is 0 Å². The molecule has 1 atom stereocenters. The SMILES string of the molecule is CCN(CC(=O)Nc1c(F)cccc1F)C(=O)C1CNCCO1.Cl. The molecule has 0 aromatic heterocycles. The van der Waals surface area contributed by atoms with E-state index >= 15 is 0 Å². The molecule has 1 aliphatic heterocycles. The topological polar surface area (TPSA) is 70.7 Å². The minimum Gasteiger partial charge on any atom is -0.366 e. The van der Waals surface area contributed by atoms with Gasteiger partial charge in [-0.2, -0.15) is 0 Å². The number of ether oxygens (including phenoxy) is 1. The van der Waals surface area contributed by atoms with Crippen molar-refractivity contribution in [1.82, 2.24) is 10.2 Å². The summed E-state index contributed by atoms with van der Waals surface area (Å²) in [7, 11) is 0. The van der Waals surface area contributed by atoms with Gasteiger partial charge >= 0.3 is 0 Å². The van der Waals surface area contributed by atoms with Crippen LogP contribution in [0, 0.1) is 11.6 Å². The van der Waals surface area contributed by atoms with E-state index in [2.05, 4.69) is 10.6 Å². The molecule has 1 fully saturated rings. The predicted octanol–water partition coefficient (Wildman–Crippen LogP) is 1.16. The van der Waals surface area contributed by atoms with Crippen molar-refractivity contribution >= 4 is 29.9 Å². The molecule has 2 amide bonds. The highest BCUT2D eigenvalue weighted by Crippen LogP contribution is 2.17. The van der Waals surface area contributed by atoms with Crippen molar-refractivity contribution in [2.45, 2.75) is 13.0 Å². The van der Waals surface area contributed by atoms with E-state index < -0.39 is 29.3 Å². The van der Waals surface area contributed by atoms with Gasteiger partial charge in [0.1, 0.15) is 23.4 Å². The van der Waals surface area contributed by atoms with Gasteiger partial charge in [-0.3, -0.25) is 9.59 Å². The lowest BCUT2D eigenvalue weighted by Crippen LogP contribution is -2.51. The third-order valence-electron chi connectivity index (χ3n) is 3.46. The maximum Gasteiger partial charge on any atom is 0.253 e. The van der Waals surface area contributed by atoms with Gasteiger partial charge in [-0.05, 0) is 19.1 Å². The Morgan fingerprint density at radius 3 is 2.58 bits per heavy atom. The fourth-order valence-electron chi connectivity index (χ4n) is 2.24. The van der Waals surface area contributed by atoms with E-state index in [1.54, 1.807) is 6.92 Å². The summed E-state index contributed by atoms with van der Waals surface area (Å²) < 4.78 is 32.4. The van der Waals surface area contributed by atoms with Crippen LogP contribution >= 0.6 is 12.4 Å². The van der Waals surface area contributed by atoms with Gasteiger partial charge < -0.3 is 20.3 Å². The lowest BCUT2D eigenvalue weighted by molar-refractivity contribution is -0.146. The number of nitrogens with zero attached hydrogens (tertiary/aromatic N) is 1. The molecule has 1 saturated heterocycles. The third-order valence-corrected chi connectivity index (χ3v) is 3.46. The predicted molar refractivity (Wildman–Crippen MR) is 87.1 cm³/mol. The van der Waals surface area contributed by atoms with Crippen LogP contribution < -0.4 is 10.6 Å². The number of rotatable bonds is 5. The molecule has 9 heteroatoms. The fourth-order valence-corrected chi connectivity index (χ4v) is 2.24. The van der Waals surface area contributed by atoms with E-state index in [4.69, 9.17) is 4.74 Å². The molecule has 134 valence electrons. The molecule has 0 spiro atoms. The largest absolute Gasteiger partial charge is 0.366 e. The zero-order valence-corrected chi connectivity index (χ0v) is 14.0. The van der Waals surface area contributed by atoms with Crippen LogP contribution in [0.4, 0.5) is 14.5 Å². The molecule has 2 rings (SSSR count). The van der Waals surface area contributed by atoms with Gasteiger partial charge in [0.15, 0.2) is 0 Å². The zero-order valence-electron chi connectivity index (χ0n) is 13.2. The number of halogens is 3. The fraction of sp³-hybridized carbons (Fsp3) is 0.467. The Bertz CT molecular complexity index is 563. The van der Waals surface area contributed by atoms with Crippen LogP contribution in [0.15, 0.2) is 18.2 Å². The Morgan fingerprint density at radius 2 is 2.04 bits per heavy atom. The second-order valence-corrected chi connectivity index (χ2v) is 5.06. The summed E-state index contributed by atoms with van der Waals surface area (Å²) in [6.45, 7) is 3.16. The quantitative estimate of drug-likeness (QED) is 0.823. The van der Waals surface area contributed by atoms with Crippen molar-refractivity contribution in [2.75, 3.05) is 38.1 Å². The number of carbonyl (C=O) groups excluding carboxylic acids is 2. The van der Waals surface area contributed by atoms with Crippen LogP contribution in [0.25, 0.3) is 0 Å². The summed E-state index contributed by atoms with van der Waals surface area (Å²) >= 11 is 0. The Labute approximate surface area is 144 Å². The first-order valence-corrected chi connectivity index (χ1v) is 7.38. The first kappa shape index (κ1) is 20.3. The number of hydrogen-bond acceptors (Lipinski definition) is 4. The van der Waals surface area contributed by atoms with Gasteiger partial charge in [0.05, 0.1) is 13.2 Å². The average Bonchev–Trinajstić information content (AvgIpc) is 2.56. The van der Waals surface area contributed by atoms with Crippen LogP contribution in [-0.4, -0.2) is 55.6 Å². The van der Waals surface area contributed by atoms with Gasteiger partial charge in [-0.15, -0.1) is 12.4 Å². The summed E-state index contributed by atoms with van der Waals surface area (Å²) in [5.41, 5.74) is -0.517. The van der Waals surface area contributed by atoms with Gasteiger partial charge in [0, 0.05) is 19.6 Å². The lowest BCUT2D eigenvalue weighted by Gasteiger charge is -2.28. The van der Waals surface area contributed by atoms with Crippen molar-refractivity contribution in [3.05, 3.63) is 29.8 Å². The second-order valence-electron chi connectivity index (χ2n) is 5.06. The molecular formula is C15H20ClF2N3O3. The van der Waals surface area contributed by atoms with Crippen molar-refractivity contribution in [3.63, 3.8) is 0 Å². The molecule has 0 bridgehead atoms. The molecule has 1 aliphatic rings. The smallest absolute Gasteiger partial charge is 0.253 e. The van der Waals surface area contributed by atoms with E-state index in [1.807, 2.05) is 0 Å². The summed E-state index contributed by atoms with van der Waals surface area (Å²) in [5, 5.41) is 5.19. The van der Waals surface area contributed by atoms with Gasteiger partial charge in [0.2, 0.25) is 5.91 Å². The number of para-hydroxylation sites is 1. The first-order valence-electron chi connectivity index (χ1n) is 7.38. The number of hydrogen-bond donors (Lipinski definition) is 2. The highest BCUT2D eigenvalue weighted by atomic mass is 35.5. The van der Waals surface area contributed by atoms with Gasteiger partial charge in [-0.1, -0.05) is 6.07 Å². The lowest BCUT2D eigenvalue weighted by atomic mass is 10.2. The summed E-state index contributed by atoms with van der Waals surface area (Å²) in [4.78, 5) is 25.5. The van der Waals surface area contributed by atoms with E-state index in [0.717, 1.165) is 12.1 Å². The van der Waals surface area contributed by atoms with Gasteiger partial charge in [0.25, 0.3) is 5.91 Å². The molecule has 24 heavy (non-hydrogen) atoms. The zero-order chi connectivity index (χ0) is 16.8. The van der Waals surface area contributed by atoms with Crippen molar-refractivity contribution in [1.29, 1.82) is 0 Å². The Hall–Kier alpha value is -1.77. The van der Waals surface area contributed by atoms with Crippen molar-refractivity contribution in [3.8, 4) is 0 Å². The summed E-state index contributed by atoms with van der Waals surface area (Å²) in [6.07, 6.45) is -0.651. The first-order chi connectivity index (χ1) is 11.0. The number of amides is 2. The molecule has 6 nitrogen and oxygen atoms in total. The maximum absolute atomic E-state index is 13.5. The highest BCUT2D eigenvalue weighted by molar-refractivity contribution is 5.95. The Morgan fingerprint density at radius 1 is 1.38 bits per heavy atom. The minimum absolute atomic E-state index is 0. The van der Waals surface area contributed by atoms with Crippen LogP contribution in [-0.2, 0) is 14.3 Å². The molecule has 0 aliphatic carbocycles. The summed E-state index contributed by atoms with van der Waals surface area (Å²) in [6, 6.07) is 3.29. The molecular weight excluding hydrogens is 344 g/mol. The normalized spacial score (nSPS) is 16.9.